The predicted molar refractivity (Wildman–Crippen MR) is 77.0 cm³/mol. The fourth-order valence-electron chi connectivity index (χ4n) is 0.986. The number of hydrogen-bond donors (Lipinski definition) is 1. The van der Waals surface area contributed by atoms with E-state index in [9.17, 15) is 13.2 Å². The van der Waals surface area contributed by atoms with E-state index in [0.29, 0.717) is 5.13 Å². The van der Waals surface area contributed by atoms with Crippen LogP contribution in [0.2, 0.25) is 0 Å². The minimum atomic E-state index is -3.36. The van der Waals surface area contributed by atoms with Crippen LogP contribution in [0, 0.1) is 0 Å². The van der Waals surface area contributed by atoms with E-state index in [2.05, 4.69) is 22.4 Å². The van der Waals surface area contributed by atoms with Crippen LogP contribution < -0.4 is 5.32 Å². The Morgan fingerprint density at radius 1 is 1.47 bits per heavy atom. The van der Waals surface area contributed by atoms with Gasteiger partial charge in [-0.1, -0.05) is 30.0 Å². The predicted octanol–water partition coefficient (Wildman–Crippen LogP) is 0.870. The molecule has 19 heavy (non-hydrogen) atoms. The first-order valence-electron chi connectivity index (χ1n) is 5.50. The number of rotatable bonds is 7. The van der Waals surface area contributed by atoms with Gasteiger partial charge in [-0.3, -0.25) is 10.1 Å². The van der Waals surface area contributed by atoms with Gasteiger partial charge in [-0.2, -0.15) is 4.31 Å². The average molecular weight is 324 g/mol. The summed E-state index contributed by atoms with van der Waals surface area (Å²) in [6.07, 6.45) is 2.08. The van der Waals surface area contributed by atoms with E-state index in [1.807, 2.05) is 0 Å². The Morgan fingerprint density at radius 2 is 2.16 bits per heavy atom. The molecule has 108 valence electrons. The number of anilines is 1. The Balaban J connectivity index is 2.51. The van der Waals surface area contributed by atoms with Crippen LogP contribution in [-0.4, -0.2) is 54.4 Å². The summed E-state index contributed by atoms with van der Waals surface area (Å²) >= 11 is 2.85. The molecule has 1 aromatic heterocycles. The molecule has 0 saturated heterocycles. The normalized spacial score (nSPS) is 11.8. The third-order valence-electron chi connectivity index (χ3n) is 2.01. The van der Waals surface area contributed by atoms with Crippen molar-refractivity contribution < 1.29 is 13.2 Å². The number of aromatic nitrogens is 2. The first kappa shape index (κ1) is 16.3. The standard InChI is InChI=1S/C9H16N4O3S3/c1-4-5-17-9-12-11-8(18-9)10-7(14)6-13(2)19(3,15)16/h4-6H2,1-3H3,(H,10,11,14). The maximum Gasteiger partial charge on any atom is 0.241 e. The summed E-state index contributed by atoms with van der Waals surface area (Å²) in [7, 11) is -2.02. The Labute approximate surface area is 120 Å². The van der Waals surface area contributed by atoms with Gasteiger partial charge in [0, 0.05) is 12.8 Å². The smallest absolute Gasteiger partial charge is 0.241 e. The zero-order valence-corrected chi connectivity index (χ0v) is 13.4. The van der Waals surface area contributed by atoms with Crippen LogP contribution in [0.4, 0.5) is 5.13 Å². The Bertz CT molecular complexity index is 529. The van der Waals surface area contributed by atoms with Gasteiger partial charge in [-0.15, -0.1) is 10.2 Å². The van der Waals surface area contributed by atoms with Gasteiger partial charge in [0.25, 0.3) is 0 Å². The Morgan fingerprint density at radius 3 is 2.74 bits per heavy atom. The van der Waals surface area contributed by atoms with Crippen molar-refractivity contribution in [2.45, 2.75) is 17.7 Å². The lowest BCUT2D eigenvalue weighted by Crippen LogP contribution is -2.34. The summed E-state index contributed by atoms with van der Waals surface area (Å²) in [5, 5.41) is 10.7. The molecule has 0 bridgehead atoms. The quantitative estimate of drug-likeness (QED) is 0.591. The van der Waals surface area contributed by atoms with Crippen LogP contribution in [0.25, 0.3) is 0 Å². The maximum absolute atomic E-state index is 11.6. The molecule has 1 heterocycles. The third kappa shape index (κ3) is 5.85. The molecule has 0 spiro atoms. The Hall–Kier alpha value is -0.710. The van der Waals surface area contributed by atoms with E-state index in [4.69, 9.17) is 0 Å². The molecule has 0 aliphatic rings. The topological polar surface area (TPSA) is 92.3 Å². The highest BCUT2D eigenvalue weighted by atomic mass is 32.2. The molecule has 0 radical (unpaired) electrons. The molecule has 0 saturated carbocycles. The number of hydrogen-bond acceptors (Lipinski definition) is 7. The molecular weight excluding hydrogens is 308 g/mol. The van der Waals surface area contributed by atoms with Gasteiger partial charge < -0.3 is 0 Å². The second-order valence-corrected chi connectivity index (χ2v) is 8.20. The highest BCUT2D eigenvalue weighted by Gasteiger charge is 2.16. The molecule has 0 aromatic carbocycles. The number of sulfonamides is 1. The largest absolute Gasteiger partial charge is 0.299 e. The highest BCUT2D eigenvalue weighted by Crippen LogP contribution is 2.25. The highest BCUT2D eigenvalue weighted by molar-refractivity contribution is 8.01. The van der Waals surface area contributed by atoms with E-state index < -0.39 is 15.9 Å². The van der Waals surface area contributed by atoms with Gasteiger partial charge in [-0.25, -0.2) is 8.42 Å². The SMILES string of the molecule is CCCSc1nnc(NC(=O)CN(C)S(C)(=O)=O)s1. The number of nitrogens with zero attached hydrogens (tertiary/aromatic N) is 3. The lowest BCUT2D eigenvalue weighted by molar-refractivity contribution is -0.116. The first-order valence-corrected chi connectivity index (χ1v) is 9.15. The summed E-state index contributed by atoms with van der Waals surface area (Å²) in [4.78, 5) is 11.6. The van der Waals surface area contributed by atoms with Crippen LogP contribution >= 0.6 is 23.1 Å². The van der Waals surface area contributed by atoms with Gasteiger partial charge in [0.2, 0.25) is 21.1 Å². The molecule has 1 N–H and O–H groups in total. The molecule has 7 nitrogen and oxygen atoms in total. The van der Waals surface area contributed by atoms with E-state index >= 15 is 0 Å². The van der Waals surface area contributed by atoms with Crippen molar-refractivity contribution in [3.63, 3.8) is 0 Å². The fourth-order valence-corrected chi connectivity index (χ4v) is 3.03. The monoisotopic (exact) mass is 324 g/mol. The Kier molecular flexibility index (Phi) is 6.17. The number of nitrogens with one attached hydrogen (secondary N) is 1. The third-order valence-corrected chi connectivity index (χ3v) is 5.45. The van der Waals surface area contributed by atoms with Crippen LogP contribution in [0.15, 0.2) is 4.34 Å². The van der Waals surface area contributed by atoms with E-state index in [1.165, 1.54) is 18.4 Å². The molecule has 1 aromatic rings. The average Bonchev–Trinajstić information content (AvgIpc) is 2.72. The van der Waals surface area contributed by atoms with Crippen molar-refractivity contribution in [1.82, 2.24) is 14.5 Å². The second kappa shape index (κ2) is 7.17. The number of amides is 1. The van der Waals surface area contributed by atoms with Gasteiger partial charge >= 0.3 is 0 Å². The van der Waals surface area contributed by atoms with E-state index in [0.717, 1.165) is 27.1 Å². The molecule has 1 amide bonds. The molecule has 0 unspecified atom stereocenters. The van der Waals surface area contributed by atoms with Crippen molar-refractivity contribution in [3.8, 4) is 0 Å². The molecule has 0 aliphatic heterocycles. The maximum atomic E-state index is 11.6. The molecule has 10 heteroatoms. The summed E-state index contributed by atoms with van der Waals surface area (Å²) in [5.41, 5.74) is 0. The van der Waals surface area contributed by atoms with Crippen molar-refractivity contribution in [3.05, 3.63) is 0 Å². The number of thioether (sulfide) groups is 1. The summed E-state index contributed by atoms with van der Waals surface area (Å²) < 4.78 is 24.1. The van der Waals surface area contributed by atoms with Crippen LogP contribution in [0.1, 0.15) is 13.3 Å². The minimum Gasteiger partial charge on any atom is -0.299 e. The zero-order valence-electron chi connectivity index (χ0n) is 10.9. The van der Waals surface area contributed by atoms with E-state index in [-0.39, 0.29) is 6.54 Å². The van der Waals surface area contributed by atoms with Crippen molar-refractivity contribution in [2.75, 3.05) is 30.9 Å². The number of carbonyl (C=O) groups is 1. The number of carbonyl (C=O) groups excluding carboxylic acids is 1. The van der Waals surface area contributed by atoms with Crippen molar-refractivity contribution >= 4 is 44.2 Å². The number of likely N-dealkylation sites (N-methyl/N-ethyl adjacent to an activating group) is 1. The lowest BCUT2D eigenvalue weighted by atomic mass is 10.6. The van der Waals surface area contributed by atoms with Crippen LogP contribution in [-0.2, 0) is 14.8 Å². The van der Waals surface area contributed by atoms with E-state index in [1.54, 1.807) is 11.8 Å². The molecule has 0 aliphatic carbocycles. The summed E-state index contributed by atoms with van der Waals surface area (Å²) in [6, 6.07) is 0. The van der Waals surface area contributed by atoms with Crippen LogP contribution in [0.5, 0.6) is 0 Å². The van der Waals surface area contributed by atoms with Crippen LogP contribution in [0.3, 0.4) is 0 Å². The fraction of sp³-hybridized carbons (Fsp3) is 0.667. The van der Waals surface area contributed by atoms with Gasteiger partial charge in [0.1, 0.15) is 0 Å². The first-order chi connectivity index (χ1) is 8.82. The molecular formula is C9H16N4O3S3. The van der Waals surface area contributed by atoms with Crippen molar-refractivity contribution in [1.29, 1.82) is 0 Å². The van der Waals surface area contributed by atoms with Gasteiger partial charge in [0.15, 0.2) is 4.34 Å². The molecule has 0 atom stereocenters. The molecule has 0 fully saturated rings. The zero-order chi connectivity index (χ0) is 14.5. The van der Waals surface area contributed by atoms with Crippen molar-refractivity contribution in [2.24, 2.45) is 0 Å². The lowest BCUT2D eigenvalue weighted by Gasteiger charge is -2.12. The second-order valence-electron chi connectivity index (χ2n) is 3.79. The van der Waals surface area contributed by atoms with Gasteiger partial charge in [0.05, 0.1) is 12.8 Å². The summed E-state index contributed by atoms with van der Waals surface area (Å²) in [5.74, 6) is 0.510. The minimum absolute atomic E-state index is 0.240. The molecule has 1 rings (SSSR count). The summed E-state index contributed by atoms with van der Waals surface area (Å²) in [6.45, 7) is 1.83. The van der Waals surface area contributed by atoms with Gasteiger partial charge in [-0.05, 0) is 6.42 Å².